The first-order chi connectivity index (χ1) is 11.4. The zero-order chi connectivity index (χ0) is 17.4. The summed E-state index contributed by atoms with van der Waals surface area (Å²) in [5.74, 6) is 0.988. The predicted octanol–water partition coefficient (Wildman–Crippen LogP) is 6.77. The van der Waals surface area contributed by atoms with Gasteiger partial charge in [0.2, 0.25) is 0 Å². The van der Waals surface area contributed by atoms with E-state index in [1.54, 1.807) is 0 Å². The van der Waals surface area contributed by atoms with Crippen LogP contribution in [0.3, 0.4) is 0 Å². The van der Waals surface area contributed by atoms with Crippen LogP contribution < -0.4 is 0 Å². The number of hydrogen-bond donors (Lipinski definition) is 0. The Kier molecular flexibility index (Phi) is 4.45. The standard InChI is InChI=1S/C23H27N/c1-14(2)18-7-8-20-21(12-18)23(24-13-22(20)15(3)4)19-10-16(5)9-17(6)11-19/h7-15H,1-6H3. The molecule has 0 saturated heterocycles. The van der Waals surface area contributed by atoms with E-state index < -0.39 is 0 Å². The van der Waals surface area contributed by atoms with Crippen LogP contribution in [0, 0.1) is 13.8 Å². The maximum Gasteiger partial charge on any atom is 0.0780 e. The number of pyridine rings is 1. The fourth-order valence-electron chi connectivity index (χ4n) is 3.44. The molecule has 0 aliphatic carbocycles. The van der Waals surface area contributed by atoms with E-state index in [0.717, 1.165) is 5.69 Å². The van der Waals surface area contributed by atoms with Gasteiger partial charge in [0.05, 0.1) is 5.69 Å². The first-order valence-electron chi connectivity index (χ1n) is 8.88. The SMILES string of the molecule is Cc1cc(C)cc(-c2ncc(C(C)C)c3ccc(C(C)C)cc23)c1. The molecule has 0 amide bonds. The van der Waals surface area contributed by atoms with Crippen LogP contribution in [0.15, 0.2) is 42.6 Å². The second kappa shape index (κ2) is 6.39. The van der Waals surface area contributed by atoms with Gasteiger partial charge in [-0.25, -0.2) is 0 Å². The fraction of sp³-hybridized carbons (Fsp3) is 0.348. The summed E-state index contributed by atoms with van der Waals surface area (Å²) in [5.41, 5.74) is 7.59. The largest absolute Gasteiger partial charge is 0.255 e. The maximum atomic E-state index is 4.88. The third kappa shape index (κ3) is 3.08. The Balaban J connectivity index is 2.34. The molecule has 0 aliphatic heterocycles. The molecule has 0 fully saturated rings. The molecule has 0 saturated carbocycles. The molecular weight excluding hydrogens is 290 g/mol. The minimum absolute atomic E-state index is 0.471. The number of benzene rings is 2. The Hall–Kier alpha value is -2.15. The quantitative estimate of drug-likeness (QED) is 0.519. The summed E-state index contributed by atoms with van der Waals surface area (Å²) in [6, 6.07) is 13.6. The highest BCUT2D eigenvalue weighted by atomic mass is 14.7. The van der Waals surface area contributed by atoms with Crippen LogP contribution in [0.4, 0.5) is 0 Å². The van der Waals surface area contributed by atoms with Crippen molar-refractivity contribution in [1.82, 2.24) is 4.98 Å². The molecular formula is C23H27N. The van der Waals surface area contributed by atoms with Crippen molar-refractivity contribution in [1.29, 1.82) is 0 Å². The van der Waals surface area contributed by atoms with Crippen molar-refractivity contribution < 1.29 is 0 Å². The van der Waals surface area contributed by atoms with Crippen LogP contribution in [0.25, 0.3) is 22.0 Å². The summed E-state index contributed by atoms with van der Waals surface area (Å²) >= 11 is 0. The molecule has 3 rings (SSSR count). The van der Waals surface area contributed by atoms with Crippen LogP contribution >= 0.6 is 0 Å². The predicted molar refractivity (Wildman–Crippen MR) is 105 cm³/mol. The summed E-state index contributed by atoms with van der Waals surface area (Å²) in [4.78, 5) is 4.88. The van der Waals surface area contributed by atoms with Crippen molar-refractivity contribution in [3.8, 4) is 11.3 Å². The Bertz CT molecular complexity index is 868. The van der Waals surface area contributed by atoms with E-state index in [4.69, 9.17) is 4.98 Å². The van der Waals surface area contributed by atoms with E-state index in [9.17, 15) is 0 Å². The number of fused-ring (bicyclic) bond motifs is 1. The molecule has 24 heavy (non-hydrogen) atoms. The van der Waals surface area contributed by atoms with Crippen molar-refractivity contribution in [2.24, 2.45) is 0 Å². The minimum atomic E-state index is 0.471. The third-order valence-corrected chi connectivity index (χ3v) is 4.73. The molecule has 0 bridgehead atoms. The zero-order valence-corrected chi connectivity index (χ0v) is 15.6. The molecule has 0 unspecified atom stereocenters. The van der Waals surface area contributed by atoms with Gasteiger partial charge in [0.25, 0.3) is 0 Å². The molecule has 0 spiro atoms. The van der Waals surface area contributed by atoms with E-state index in [2.05, 4.69) is 84.1 Å². The average Bonchev–Trinajstić information content (AvgIpc) is 2.51. The number of hydrogen-bond acceptors (Lipinski definition) is 1. The van der Waals surface area contributed by atoms with Crippen molar-refractivity contribution in [2.75, 3.05) is 0 Å². The van der Waals surface area contributed by atoms with Gasteiger partial charge in [-0.05, 0) is 60.4 Å². The van der Waals surface area contributed by atoms with Crippen molar-refractivity contribution in [3.05, 3.63) is 64.8 Å². The maximum absolute atomic E-state index is 4.88. The lowest BCUT2D eigenvalue weighted by Gasteiger charge is -2.16. The lowest BCUT2D eigenvalue weighted by atomic mass is 9.91. The van der Waals surface area contributed by atoms with E-state index in [-0.39, 0.29) is 0 Å². The molecule has 3 aromatic rings. The molecule has 0 radical (unpaired) electrons. The van der Waals surface area contributed by atoms with Crippen molar-refractivity contribution in [2.45, 2.75) is 53.4 Å². The lowest BCUT2D eigenvalue weighted by molar-refractivity contribution is 0.862. The molecule has 0 atom stereocenters. The van der Waals surface area contributed by atoms with Crippen molar-refractivity contribution >= 4 is 10.8 Å². The van der Waals surface area contributed by atoms with E-state index in [0.29, 0.717) is 11.8 Å². The summed E-state index contributed by atoms with van der Waals surface area (Å²) in [6.45, 7) is 13.3. The second-order valence-electron chi connectivity index (χ2n) is 7.55. The minimum Gasteiger partial charge on any atom is -0.255 e. The smallest absolute Gasteiger partial charge is 0.0780 e. The third-order valence-electron chi connectivity index (χ3n) is 4.73. The summed E-state index contributed by atoms with van der Waals surface area (Å²) in [6.07, 6.45) is 2.06. The van der Waals surface area contributed by atoms with E-state index in [1.165, 1.54) is 38.6 Å². The molecule has 1 aromatic heterocycles. The number of aryl methyl sites for hydroxylation is 2. The van der Waals surface area contributed by atoms with Crippen LogP contribution in [0.5, 0.6) is 0 Å². The van der Waals surface area contributed by atoms with Gasteiger partial charge in [0, 0.05) is 17.1 Å². The lowest BCUT2D eigenvalue weighted by Crippen LogP contribution is -1.97. The summed E-state index contributed by atoms with van der Waals surface area (Å²) in [5, 5.41) is 2.61. The van der Waals surface area contributed by atoms with Gasteiger partial charge in [0.15, 0.2) is 0 Å². The fourth-order valence-corrected chi connectivity index (χ4v) is 3.44. The van der Waals surface area contributed by atoms with Crippen molar-refractivity contribution in [3.63, 3.8) is 0 Å². The number of aromatic nitrogens is 1. The molecule has 1 heterocycles. The Morgan fingerprint density at radius 2 is 1.42 bits per heavy atom. The topological polar surface area (TPSA) is 12.9 Å². The Morgan fingerprint density at radius 1 is 0.750 bits per heavy atom. The highest BCUT2D eigenvalue weighted by Crippen LogP contribution is 2.34. The van der Waals surface area contributed by atoms with Crippen LogP contribution in [0.2, 0.25) is 0 Å². The Morgan fingerprint density at radius 3 is 2.00 bits per heavy atom. The monoisotopic (exact) mass is 317 g/mol. The van der Waals surface area contributed by atoms with Gasteiger partial charge in [0.1, 0.15) is 0 Å². The van der Waals surface area contributed by atoms with Gasteiger partial charge in [-0.3, -0.25) is 4.98 Å². The summed E-state index contributed by atoms with van der Waals surface area (Å²) < 4.78 is 0. The van der Waals surface area contributed by atoms with Crippen LogP contribution in [-0.4, -0.2) is 4.98 Å². The molecule has 2 aromatic carbocycles. The van der Waals surface area contributed by atoms with Crippen LogP contribution in [-0.2, 0) is 0 Å². The highest BCUT2D eigenvalue weighted by molar-refractivity contribution is 5.97. The molecule has 0 aliphatic rings. The first kappa shape index (κ1) is 16.7. The zero-order valence-electron chi connectivity index (χ0n) is 15.6. The van der Waals surface area contributed by atoms with Crippen LogP contribution in [0.1, 0.15) is 61.8 Å². The van der Waals surface area contributed by atoms with Gasteiger partial charge in [-0.15, -0.1) is 0 Å². The summed E-state index contributed by atoms with van der Waals surface area (Å²) in [7, 11) is 0. The highest BCUT2D eigenvalue weighted by Gasteiger charge is 2.13. The number of rotatable bonds is 3. The van der Waals surface area contributed by atoms with Gasteiger partial charge >= 0.3 is 0 Å². The average molecular weight is 317 g/mol. The van der Waals surface area contributed by atoms with Gasteiger partial charge in [-0.1, -0.05) is 57.0 Å². The van der Waals surface area contributed by atoms with E-state index >= 15 is 0 Å². The normalized spacial score (nSPS) is 11.7. The molecule has 1 heteroatoms. The van der Waals surface area contributed by atoms with Gasteiger partial charge in [-0.2, -0.15) is 0 Å². The van der Waals surface area contributed by atoms with Gasteiger partial charge < -0.3 is 0 Å². The van der Waals surface area contributed by atoms with E-state index in [1.807, 2.05) is 0 Å². The Labute approximate surface area is 145 Å². The second-order valence-corrected chi connectivity index (χ2v) is 7.55. The molecule has 1 nitrogen and oxygen atoms in total. The molecule has 124 valence electrons. The number of nitrogens with zero attached hydrogens (tertiary/aromatic N) is 1. The first-order valence-corrected chi connectivity index (χ1v) is 8.88. The molecule has 0 N–H and O–H groups in total.